The maximum Gasteiger partial charge on any atom is 0.233 e. The van der Waals surface area contributed by atoms with Gasteiger partial charge in [-0.15, -0.1) is 5.10 Å². The van der Waals surface area contributed by atoms with E-state index in [1.807, 2.05) is 15.8 Å². The fourth-order valence-electron chi connectivity index (χ4n) is 3.65. The van der Waals surface area contributed by atoms with Gasteiger partial charge in [-0.25, -0.2) is 9.07 Å². The molecule has 2 aromatic rings. The summed E-state index contributed by atoms with van der Waals surface area (Å²) in [6.45, 7) is 1.38. The molecule has 0 radical (unpaired) electrons. The molecule has 0 spiro atoms. The second-order valence-electron chi connectivity index (χ2n) is 7.35. The standard InChI is InChI=1S/C18H19FN4O/c19-14-5-3-13(4-6-14)18(7-8-18)17(24)22-9-15(10-22)23-11-16(20-21-23)12-1-2-12/h3-6,11-12,15H,1-2,7-10H2. The monoisotopic (exact) mass is 326 g/mol. The highest BCUT2D eigenvalue weighted by molar-refractivity contribution is 5.91. The molecule has 6 heteroatoms. The summed E-state index contributed by atoms with van der Waals surface area (Å²) in [5.41, 5.74) is 1.61. The number of hydrogen-bond acceptors (Lipinski definition) is 3. The van der Waals surface area contributed by atoms with E-state index in [1.54, 1.807) is 12.1 Å². The normalized spacial score (nSPS) is 22.3. The first kappa shape index (κ1) is 14.1. The molecule has 2 saturated carbocycles. The van der Waals surface area contributed by atoms with E-state index in [4.69, 9.17) is 0 Å². The van der Waals surface area contributed by atoms with Crippen molar-refractivity contribution in [1.29, 1.82) is 0 Å². The van der Waals surface area contributed by atoms with Crippen LogP contribution in [0.1, 0.15) is 48.9 Å². The number of halogens is 1. The summed E-state index contributed by atoms with van der Waals surface area (Å²) >= 11 is 0. The van der Waals surface area contributed by atoms with Gasteiger partial charge in [-0.05, 0) is 43.4 Å². The van der Waals surface area contributed by atoms with Crippen LogP contribution in [0.25, 0.3) is 0 Å². The third-order valence-corrected chi connectivity index (χ3v) is 5.60. The van der Waals surface area contributed by atoms with E-state index in [1.165, 1.54) is 25.0 Å². The lowest BCUT2D eigenvalue weighted by atomic mass is 9.92. The van der Waals surface area contributed by atoms with Crippen molar-refractivity contribution in [2.45, 2.75) is 43.1 Å². The zero-order chi connectivity index (χ0) is 16.3. The molecule has 1 saturated heterocycles. The van der Waals surface area contributed by atoms with Crippen molar-refractivity contribution in [3.63, 3.8) is 0 Å². The lowest BCUT2D eigenvalue weighted by Crippen LogP contribution is -2.54. The van der Waals surface area contributed by atoms with E-state index in [0.717, 1.165) is 24.1 Å². The average Bonchev–Trinajstić information content (AvgIpc) is 3.46. The number of benzene rings is 1. The highest BCUT2D eigenvalue weighted by Gasteiger charge is 2.54. The quantitative estimate of drug-likeness (QED) is 0.867. The molecule has 1 aromatic carbocycles. The van der Waals surface area contributed by atoms with E-state index in [-0.39, 0.29) is 17.8 Å². The van der Waals surface area contributed by atoms with Gasteiger partial charge in [0.15, 0.2) is 0 Å². The third-order valence-electron chi connectivity index (χ3n) is 5.60. The Morgan fingerprint density at radius 2 is 1.88 bits per heavy atom. The zero-order valence-electron chi connectivity index (χ0n) is 13.4. The first-order chi connectivity index (χ1) is 11.7. The summed E-state index contributed by atoms with van der Waals surface area (Å²) < 4.78 is 15.0. The molecule has 3 fully saturated rings. The van der Waals surface area contributed by atoms with E-state index < -0.39 is 5.41 Å². The molecular weight excluding hydrogens is 307 g/mol. The molecule has 5 nitrogen and oxygen atoms in total. The summed E-state index contributed by atoms with van der Waals surface area (Å²) in [6, 6.07) is 6.61. The molecule has 124 valence electrons. The van der Waals surface area contributed by atoms with Crippen LogP contribution < -0.4 is 0 Å². The lowest BCUT2D eigenvalue weighted by molar-refractivity contribution is -0.140. The minimum Gasteiger partial charge on any atom is -0.337 e. The molecule has 5 rings (SSSR count). The average molecular weight is 326 g/mol. The Morgan fingerprint density at radius 3 is 2.50 bits per heavy atom. The third kappa shape index (κ3) is 2.16. The summed E-state index contributed by atoms with van der Waals surface area (Å²) in [5, 5.41) is 8.47. The Balaban J connectivity index is 1.26. The molecule has 1 amide bonds. The topological polar surface area (TPSA) is 51.0 Å². The maximum absolute atomic E-state index is 13.1. The van der Waals surface area contributed by atoms with Gasteiger partial charge in [0.25, 0.3) is 0 Å². The molecule has 0 unspecified atom stereocenters. The Kier molecular flexibility index (Phi) is 2.87. The number of nitrogens with zero attached hydrogens (tertiary/aromatic N) is 4. The summed E-state index contributed by atoms with van der Waals surface area (Å²) in [4.78, 5) is 14.8. The molecule has 0 bridgehead atoms. The van der Waals surface area contributed by atoms with Gasteiger partial charge in [-0.1, -0.05) is 17.3 Å². The van der Waals surface area contributed by atoms with Crippen molar-refractivity contribution in [3.8, 4) is 0 Å². The van der Waals surface area contributed by atoms with Crippen molar-refractivity contribution < 1.29 is 9.18 Å². The summed E-state index contributed by atoms with van der Waals surface area (Å²) in [5.74, 6) is 0.515. The van der Waals surface area contributed by atoms with Crippen molar-refractivity contribution >= 4 is 5.91 Å². The van der Waals surface area contributed by atoms with Crippen LogP contribution in [0.15, 0.2) is 30.5 Å². The molecule has 1 aromatic heterocycles. The van der Waals surface area contributed by atoms with Gasteiger partial charge in [0.2, 0.25) is 5.91 Å². The summed E-state index contributed by atoms with van der Waals surface area (Å²) in [7, 11) is 0. The van der Waals surface area contributed by atoms with E-state index in [2.05, 4.69) is 10.3 Å². The second kappa shape index (κ2) is 4.88. The minimum atomic E-state index is -0.416. The zero-order valence-corrected chi connectivity index (χ0v) is 13.4. The van der Waals surface area contributed by atoms with Gasteiger partial charge < -0.3 is 4.90 Å². The van der Waals surface area contributed by atoms with Gasteiger partial charge in [-0.3, -0.25) is 4.79 Å². The highest BCUT2D eigenvalue weighted by atomic mass is 19.1. The molecule has 2 heterocycles. The van der Waals surface area contributed by atoms with Crippen molar-refractivity contribution in [2.75, 3.05) is 13.1 Å². The van der Waals surface area contributed by atoms with Crippen LogP contribution in [-0.4, -0.2) is 38.9 Å². The molecule has 1 aliphatic heterocycles. The smallest absolute Gasteiger partial charge is 0.233 e. The number of hydrogen-bond donors (Lipinski definition) is 0. The van der Waals surface area contributed by atoms with Gasteiger partial charge in [0, 0.05) is 25.2 Å². The van der Waals surface area contributed by atoms with Crippen LogP contribution >= 0.6 is 0 Å². The van der Waals surface area contributed by atoms with Gasteiger partial charge in [-0.2, -0.15) is 0 Å². The van der Waals surface area contributed by atoms with Crippen LogP contribution in [0.5, 0.6) is 0 Å². The minimum absolute atomic E-state index is 0.174. The first-order valence-corrected chi connectivity index (χ1v) is 8.63. The molecule has 0 atom stereocenters. The lowest BCUT2D eigenvalue weighted by Gasteiger charge is -2.41. The highest BCUT2D eigenvalue weighted by Crippen LogP contribution is 2.50. The summed E-state index contributed by atoms with van der Waals surface area (Å²) in [6.07, 6.45) is 6.18. The molecular formula is C18H19FN4O. The van der Waals surface area contributed by atoms with Crippen LogP contribution in [0, 0.1) is 5.82 Å². The number of rotatable bonds is 4. The van der Waals surface area contributed by atoms with Gasteiger partial charge in [0.1, 0.15) is 5.82 Å². The Morgan fingerprint density at radius 1 is 1.17 bits per heavy atom. The molecule has 2 aliphatic carbocycles. The van der Waals surface area contributed by atoms with Crippen LogP contribution in [0.4, 0.5) is 4.39 Å². The number of carbonyl (C=O) groups is 1. The van der Waals surface area contributed by atoms with Crippen LogP contribution in [-0.2, 0) is 10.2 Å². The maximum atomic E-state index is 13.1. The molecule has 0 N–H and O–H groups in total. The Labute approximate surface area is 139 Å². The van der Waals surface area contributed by atoms with Gasteiger partial charge in [0.05, 0.1) is 17.2 Å². The van der Waals surface area contributed by atoms with Crippen molar-refractivity contribution in [3.05, 3.63) is 47.5 Å². The molecule has 24 heavy (non-hydrogen) atoms. The van der Waals surface area contributed by atoms with E-state index in [9.17, 15) is 9.18 Å². The Bertz CT molecular complexity index is 786. The fraction of sp³-hybridized carbons (Fsp3) is 0.500. The SMILES string of the molecule is O=C(N1CC(n2cc(C3CC3)nn2)C1)C1(c2ccc(F)cc2)CC1. The van der Waals surface area contributed by atoms with Gasteiger partial charge >= 0.3 is 0 Å². The van der Waals surface area contributed by atoms with Crippen molar-refractivity contribution in [1.82, 2.24) is 19.9 Å². The fourth-order valence-corrected chi connectivity index (χ4v) is 3.65. The predicted octanol–water partition coefficient (Wildman–Crippen LogP) is 2.41. The first-order valence-electron chi connectivity index (χ1n) is 8.63. The predicted molar refractivity (Wildman–Crippen MR) is 84.9 cm³/mol. The van der Waals surface area contributed by atoms with Crippen LogP contribution in [0.2, 0.25) is 0 Å². The van der Waals surface area contributed by atoms with Crippen LogP contribution in [0.3, 0.4) is 0 Å². The largest absolute Gasteiger partial charge is 0.337 e. The van der Waals surface area contributed by atoms with Crippen molar-refractivity contribution in [2.24, 2.45) is 0 Å². The second-order valence-corrected chi connectivity index (χ2v) is 7.35. The number of amides is 1. The number of carbonyl (C=O) groups excluding carboxylic acids is 1. The number of aromatic nitrogens is 3. The van der Waals surface area contributed by atoms with E-state index >= 15 is 0 Å². The Hall–Kier alpha value is -2.24. The van der Waals surface area contributed by atoms with E-state index in [0.29, 0.717) is 19.0 Å². The molecule has 3 aliphatic rings. The number of likely N-dealkylation sites (tertiary alicyclic amines) is 1.